The van der Waals surface area contributed by atoms with Gasteiger partial charge >= 0.3 is 0 Å². The summed E-state index contributed by atoms with van der Waals surface area (Å²) < 4.78 is 5.93. The normalized spacial score (nSPS) is 27.4. The molecule has 2 atom stereocenters. The van der Waals surface area contributed by atoms with E-state index in [2.05, 4.69) is 45.2 Å². The van der Waals surface area contributed by atoms with Crippen LogP contribution in [0.4, 0.5) is 0 Å². The highest BCUT2D eigenvalue weighted by Gasteiger charge is 2.43. The zero-order valence-electron chi connectivity index (χ0n) is 18.8. The van der Waals surface area contributed by atoms with Crippen LogP contribution in [0.15, 0.2) is 30.5 Å². The van der Waals surface area contributed by atoms with Crippen molar-refractivity contribution in [1.29, 1.82) is 0 Å². The minimum atomic E-state index is 0.311. The molecule has 1 N–H and O–H groups in total. The third kappa shape index (κ3) is 4.54. The van der Waals surface area contributed by atoms with Gasteiger partial charge in [-0.2, -0.15) is 0 Å². The first-order valence-electron chi connectivity index (χ1n) is 12.4. The Bertz CT molecular complexity index is 888. The molecular weight excluding hydrogens is 386 g/mol. The van der Waals surface area contributed by atoms with Gasteiger partial charge in [0.05, 0.1) is 6.10 Å². The number of carbonyl (C=O) groups excluding carboxylic acids is 1. The number of rotatable bonds is 6. The molecule has 0 saturated carbocycles. The summed E-state index contributed by atoms with van der Waals surface area (Å²) in [6, 6.07) is 8.43. The van der Waals surface area contributed by atoms with Crippen molar-refractivity contribution in [2.45, 2.75) is 75.9 Å². The molecule has 1 spiro atoms. The summed E-state index contributed by atoms with van der Waals surface area (Å²) in [7, 11) is 0. The van der Waals surface area contributed by atoms with E-state index in [0.29, 0.717) is 24.0 Å². The van der Waals surface area contributed by atoms with Gasteiger partial charge in [-0.25, -0.2) is 0 Å². The monoisotopic (exact) mass is 423 g/mol. The van der Waals surface area contributed by atoms with E-state index in [1.807, 2.05) is 0 Å². The summed E-state index contributed by atoms with van der Waals surface area (Å²) in [4.78, 5) is 21.2. The van der Waals surface area contributed by atoms with Crippen molar-refractivity contribution in [3.8, 4) is 0 Å². The first kappa shape index (κ1) is 21.0. The number of likely N-dealkylation sites (tertiary alicyclic amines) is 2. The van der Waals surface area contributed by atoms with Crippen LogP contribution in [0, 0.1) is 0 Å². The number of benzene rings is 1. The molecule has 0 aliphatic carbocycles. The van der Waals surface area contributed by atoms with Gasteiger partial charge in [0, 0.05) is 55.3 Å². The van der Waals surface area contributed by atoms with Gasteiger partial charge in [-0.15, -0.1) is 0 Å². The number of fused-ring (bicyclic) bond motifs is 1. The number of hydrogen-bond donors (Lipinski definition) is 1. The smallest absolute Gasteiger partial charge is 0.222 e. The van der Waals surface area contributed by atoms with Crippen molar-refractivity contribution < 1.29 is 9.53 Å². The molecular formula is C26H37N3O2. The second kappa shape index (κ2) is 9.33. The average molecular weight is 424 g/mol. The third-order valence-electron chi connectivity index (χ3n) is 7.97. The van der Waals surface area contributed by atoms with Gasteiger partial charge in [0.15, 0.2) is 0 Å². The second-order valence-electron chi connectivity index (χ2n) is 9.86. The predicted molar refractivity (Wildman–Crippen MR) is 124 cm³/mol. The molecule has 3 aliphatic heterocycles. The van der Waals surface area contributed by atoms with Crippen LogP contribution in [-0.4, -0.2) is 65.1 Å². The van der Waals surface area contributed by atoms with Crippen molar-refractivity contribution in [2.24, 2.45) is 0 Å². The maximum absolute atomic E-state index is 13.0. The summed E-state index contributed by atoms with van der Waals surface area (Å²) in [5.41, 5.74) is 2.82. The van der Waals surface area contributed by atoms with E-state index in [4.69, 9.17) is 4.74 Å². The number of amides is 1. The van der Waals surface area contributed by atoms with E-state index in [1.54, 1.807) is 0 Å². The zero-order chi connectivity index (χ0) is 21.1. The number of aromatic nitrogens is 1. The summed E-state index contributed by atoms with van der Waals surface area (Å²) in [6.07, 6.45) is 13.6. The molecule has 0 radical (unpaired) electrons. The van der Waals surface area contributed by atoms with Crippen molar-refractivity contribution in [2.75, 3.05) is 32.8 Å². The first-order valence-corrected chi connectivity index (χ1v) is 12.4. The number of hydrogen-bond acceptors (Lipinski definition) is 3. The maximum atomic E-state index is 13.0. The highest BCUT2D eigenvalue weighted by molar-refractivity contribution is 5.83. The molecule has 31 heavy (non-hydrogen) atoms. The fourth-order valence-electron chi connectivity index (χ4n) is 6.23. The lowest BCUT2D eigenvalue weighted by Crippen LogP contribution is -2.47. The molecule has 3 fully saturated rings. The minimum absolute atomic E-state index is 0.311. The van der Waals surface area contributed by atoms with Gasteiger partial charge < -0.3 is 14.6 Å². The lowest BCUT2D eigenvalue weighted by Gasteiger charge is -2.39. The molecule has 2 aromatic rings. The lowest BCUT2D eigenvalue weighted by molar-refractivity contribution is -0.131. The Balaban J connectivity index is 1.13. The summed E-state index contributed by atoms with van der Waals surface area (Å²) >= 11 is 0. The van der Waals surface area contributed by atoms with Crippen LogP contribution in [0.5, 0.6) is 0 Å². The fraction of sp³-hybridized carbons (Fsp3) is 0.654. The summed E-state index contributed by atoms with van der Waals surface area (Å²) in [5.74, 6) is 0.348. The molecule has 1 aromatic carbocycles. The number of ether oxygens (including phenoxy) is 1. The average Bonchev–Trinajstić information content (AvgIpc) is 3.49. The number of H-pyrrole nitrogens is 1. The van der Waals surface area contributed by atoms with E-state index in [-0.39, 0.29) is 0 Å². The molecule has 3 saturated heterocycles. The Kier molecular flexibility index (Phi) is 6.33. The molecule has 5 heteroatoms. The molecule has 168 valence electrons. The van der Waals surface area contributed by atoms with Crippen molar-refractivity contribution in [3.63, 3.8) is 0 Å². The van der Waals surface area contributed by atoms with Gasteiger partial charge in [0.2, 0.25) is 5.91 Å². The minimum Gasteiger partial charge on any atom is -0.377 e. The summed E-state index contributed by atoms with van der Waals surface area (Å²) in [6.45, 7) is 5.10. The molecule has 1 amide bonds. The summed E-state index contributed by atoms with van der Waals surface area (Å²) in [5, 5.41) is 1.29. The number of aryl methyl sites for hydroxylation is 1. The van der Waals surface area contributed by atoms with Crippen molar-refractivity contribution in [1.82, 2.24) is 14.8 Å². The molecule has 3 aliphatic rings. The predicted octanol–water partition coefficient (Wildman–Crippen LogP) is 4.52. The largest absolute Gasteiger partial charge is 0.377 e. The van der Waals surface area contributed by atoms with E-state index in [1.165, 1.54) is 55.1 Å². The van der Waals surface area contributed by atoms with Crippen LogP contribution in [-0.2, 0) is 16.0 Å². The first-order chi connectivity index (χ1) is 15.2. The van der Waals surface area contributed by atoms with Gasteiger partial charge in [-0.3, -0.25) is 9.69 Å². The molecule has 5 nitrogen and oxygen atoms in total. The van der Waals surface area contributed by atoms with Gasteiger partial charge in [0.25, 0.3) is 0 Å². The second-order valence-corrected chi connectivity index (χ2v) is 9.86. The standard InChI is InChI=1S/C26H37N3O2/c30-25(11-3-7-21-19-27-24-10-2-1-9-23(21)24)28-15-5-12-26(14-17-28)13-6-16-29(26)20-22-8-4-18-31-22/h1-2,9-10,19,22,27H,3-8,11-18,20H2. The lowest BCUT2D eigenvalue weighted by atomic mass is 9.87. The van der Waals surface area contributed by atoms with Crippen LogP contribution < -0.4 is 0 Å². The van der Waals surface area contributed by atoms with E-state index < -0.39 is 0 Å². The molecule has 2 unspecified atom stereocenters. The quantitative estimate of drug-likeness (QED) is 0.743. The van der Waals surface area contributed by atoms with Crippen LogP contribution in [0.3, 0.4) is 0 Å². The van der Waals surface area contributed by atoms with Crippen LogP contribution >= 0.6 is 0 Å². The number of carbonyl (C=O) groups is 1. The Labute approximate surface area is 186 Å². The Morgan fingerprint density at radius 2 is 1.97 bits per heavy atom. The highest BCUT2D eigenvalue weighted by atomic mass is 16.5. The molecule has 0 bridgehead atoms. The van der Waals surface area contributed by atoms with Gasteiger partial charge in [0.1, 0.15) is 0 Å². The Hall–Kier alpha value is -1.85. The molecule has 1 aromatic heterocycles. The van der Waals surface area contributed by atoms with Crippen molar-refractivity contribution >= 4 is 16.8 Å². The molecule has 4 heterocycles. The van der Waals surface area contributed by atoms with E-state index in [9.17, 15) is 4.79 Å². The Morgan fingerprint density at radius 3 is 2.84 bits per heavy atom. The van der Waals surface area contributed by atoms with Crippen LogP contribution in [0.2, 0.25) is 0 Å². The number of nitrogens with zero attached hydrogens (tertiary/aromatic N) is 2. The van der Waals surface area contributed by atoms with Gasteiger partial charge in [-0.05, 0) is 76.0 Å². The van der Waals surface area contributed by atoms with E-state index in [0.717, 1.165) is 51.9 Å². The highest BCUT2D eigenvalue weighted by Crippen LogP contribution is 2.39. The molecule has 5 rings (SSSR count). The van der Waals surface area contributed by atoms with Gasteiger partial charge in [-0.1, -0.05) is 18.2 Å². The van der Waals surface area contributed by atoms with E-state index >= 15 is 0 Å². The number of aromatic amines is 1. The SMILES string of the molecule is O=C(CCCc1c[nH]c2ccccc12)N1CCCC2(CCCN2CC2CCCO2)CC1. The van der Waals surface area contributed by atoms with Crippen LogP contribution in [0.25, 0.3) is 10.9 Å². The maximum Gasteiger partial charge on any atom is 0.222 e. The zero-order valence-corrected chi connectivity index (χ0v) is 18.8. The topological polar surface area (TPSA) is 48.6 Å². The third-order valence-corrected chi connectivity index (χ3v) is 7.97. The Morgan fingerprint density at radius 1 is 1.10 bits per heavy atom. The number of nitrogens with one attached hydrogen (secondary N) is 1. The fourth-order valence-corrected chi connectivity index (χ4v) is 6.23. The van der Waals surface area contributed by atoms with Crippen molar-refractivity contribution in [3.05, 3.63) is 36.0 Å². The number of para-hydroxylation sites is 1. The van der Waals surface area contributed by atoms with Crippen LogP contribution in [0.1, 0.15) is 63.4 Å².